The van der Waals surface area contributed by atoms with E-state index in [0.717, 1.165) is 56.0 Å². The summed E-state index contributed by atoms with van der Waals surface area (Å²) in [5.74, 6) is 1.52. The summed E-state index contributed by atoms with van der Waals surface area (Å²) in [5.41, 5.74) is 8.47. The van der Waals surface area contributed by atoms with E-state index in [0.29, 0.717) is 18.5 Å². The molecule has 0 radical (unpaired) electrons. The SMILES string of the molecule is CC(c1ccc(-c2cnc(N)nc2)cc1)(c1noc(N2CCN(CCO)CC2)n1)C1CC1. The maximum atomic E-state index is 9.15. The number of aliphatic hydroxyl groups excluding tert-OH is 1. The predicted molar refractivity (Wildman–Crippen MR) is 121 cm³/mol. The Hall–Kier alpha value is -3.04. The second-order valence-electron chi connectivity index (χ2n) is 8.84. The number of anilines is 2. The molecular weight excluding hydrogens is 406 g/mol. The number of benzene rings is 1. The molecule has 1 aromatic carbocycles. The molecule has 1 saturated carbocycles. The second-order valence-corrected chi connectivity index (χ2v) is 8.84. The maximum absolute atomic E-state index is 9.15. The Bertz CT molecular complexity index is 1040. The van der Waals surface area contributed by atoms with Gasteiger partial charge in [-0.05, 0) is 36.8 Å². The lowest BCUT2D eigenvalue weighted by Gasteiger charge is -2.33. The molecule has 1 atom stereocenters. The molecule has 3 heterocycles. The predicted octanol–water partition coefficient (Wildman–Crippen LogP) is 1.94. The molecule has 1 aliphatic carbocycles. The zero-order valence-electron chi connectivity index (χ0n) is 18.3. The number of aromatic nitrogens is 4. The summed E-state index contributed by atoms with van der Waals surface area (Å²) in [6.07, 6.45) is 5.80. The summed E-state index contributed by atoms with van der Waals surface area (Å²) < 4.78 is 5.72. The molecule has 5 rings (SSSR count). The van der Waals surface area contributed by atoms with Gasteiger partial charge in [0.2, 0.25) is 5.95 Å². The molecule has 168 valence electrons. The van der Waals surface area contributed by atoms with E-state index in [1.165, 1.54) is 5.56 Å². The minimum atomic E-state index is -0.295. The Labute approximate surface area is 187 Å². The van der Waals surface area contributed by atoms with Gasteiger partial charge in [-0.2, -0.15) is 4.98 Å². The van der Waals surface area contributed by atoms with E-state index in [1.54, 1.807) is 12.4 Å². The van der Waals surface area contributed by atoms with Gasteiger partial charge >= 0.3 is 6.01 Å². The minimum absolute atomic E-state index is 0.189. The van der Waals surface area contributed by atoms with Crippen molar-refractivity contribution in [3.8, 4) is 11.1 Å². The third kappa shape index (κ3) is 3.93. The van der Waals surface area contributed by atoms with Crippen molar-refractivity contribution >= 4 is 12.0 Å². The zero-order valence-corrected chi connectivity index (χ0v) is 18.3. The quantitative estimate of drug-likeness (QED) is 0.574. The van der Waals surface area contributed by atoms with Gasteiger partial charge in [0.1, 0.15) is 0 Å². The molecule has 1 aliphatic heterocycles. The Morgan fingerprint density at radius 1 is 1.06 bits per heavy atom. The van der Waals surface area contributed by atoms with Crippen LogP contribution in [0.1, 0.15) is 31.2 Å². The van der Waals surface area contributed by atoms with Crippen LogP contribution in [0.4, 0.5) is 12.0 Å². The second kappa shape index (κ2) is 8.48. The normalized spacial score (nSPS) is 19.1. The Morgan fingerprint density at radius 2 is 1.75 bits per heavy atom. The Kier molecular flexibility index (Phi) is 5.52. The number of β-amino-alcohol motifs (C(OH)–C–C–N with tert-alkyl or cyclic N) is 1. The van der Waals surface area contributed by atoms with Crippen LogP contribution in [-0.2, 0) is 5.41 Å². The van der Waals surface area contributed by atoms with Gasteiger partial charge in [0.05, 0.1) is 12.0 Å². The molecule has 0 amide bonds. The van der Waals surface area contributed by atoms with Crippen LogP contribution >= 0.6 is 0 Å². The molecule has 9 nitrogen and oxygen atoms in total. The van der Waals surface area contributed by atoms with Crippen molar-refractivity contribution in [3.63, 3.8) is 0 Å². The molecule has 2 aromatic heterocycles. The fourth-order valence-corrected chi connectivity index (χ4v) is 4.56. The lowest BCUT2D eigenvalue weighted by molar-refractivity contribution is 0.186. The number of hydrogen-bond donors (Lipinski definition) is 2. The summed E-state index contributed by atoms with van der Waals surface area (Å²) in [7, 11) is 0. The van der Waals surface area contributed by atoms with E-state index in [2.05, 4.69) is 56.1 Å². The first-order valence-electron chi connectivity index (χ1n) is 11.2. The summed E-state index contributed by atoms with van der Waals surface area (Å²) in [5, 5.41) is 13.6. The smallest absolute Gasteiger partial charge is 0.324 e. The number of piperazine rings is 1. The molecule has 1 saturated heterocycles. The first kappa shape index (κ1) is 20.8. The van der Waals surface area contributed by atoms with Crippen LogP contribution in [0.25, 0.3) is 11.1 Å². The summed E-state index contributed by atoms with van der Waals surface area (Å²) in [6.45, 7) is 6.53. The number of hydrogen-bond acceptors (Lipinski definition) is 9. The Morgan fingerprint density at radius 3 is 2.38 bits per heavy atom. The fourth-order valence-electron chi connectivity index (χ4n) is 4.56. The van der Waals surface area contributed by atoms with Crippen molar-refractivity contribution in [3.05, 3.63) is 48.0 Å². The van der Waals surface area contributed by atoms with Crippen LogP contribution in [0, 0.1) is 5.92 Å². The monoisotopic (exact) mass is 435 g/mol. The van der Waals surface area contributed by atoms with Crippen molar-refractivity contribution in [2.24, 2.45) is 5.92 Å². The summed E-state index contributed by atoms with van der Waals surface area (Å²) in [6, 6.07) is 9.06. The third-order valence-corrected chi connectivity index (χ3v) is 6.82. The molecule has 3 aromatic rings. The number of aliphatic hydroxyl groups is 1. The Balaban J connectivity index is 1.37. The van der Waals surface area contributed by atoms with Crippen LogP contribution in [0.5, 0.6) is 0 Å². The molecule has 1 unspecified atom stereocenters. The van der Waals surface area contributed by atoms with Crippen LogP contribution in [-0.4, -0.2) is 69.4 Å². The van der Waals surface area contributed by atoms with Crippen LogP contribution < -0.4 is 10.6 Å². The molecule has 2 fully saturated rings. The van der Waals surface area contributed by atoms with E-state index in [-0.39, 0.29) is 18.0 Å². The average Bonchev–Trinajstić information content (AvgIpc) is 3.57. The van der Waals surface area contributed by atoms with Crippen molar-refractivity contribution in [1.82, 2.24) is 25.0 Å². The van der Waals surface area contributed by atoms with Gasteiger partial charge < -0.3 is 20.3 Å². The number of rotatable bonds is 7. The topological polar surface area (TPSA) is 117 Å². The van der Waals surface area contributed by atoms with Crippen LogP contribution in [0.3, 0.4) is 0 Å². The zero-order chi connectivity index (χ0) is 22.1. The number of nitrogens with two attached hydrogens (primary N) is 1. The van der Waals surface area contributed by atoms with Gasteiger partial charge in [0.25, 0.3) is 0 Å². The van der Waals surface area contributed by atoms with E-state index in [9.17, 15) is 0 Å². The highest BCUT2D eigenvalue weighted by Crippen LogP contribution is 2.50. The maximum Gasteiger partial charge on any atom is 0.324 e. The van der Waals surface area contributed by atoms with Crippen molar-refractivity contribution < 1.29 is 9.63 Å². The van der Waals surface area contributed by atoms with Gasteiger partial charge in [-0.15, -0.1) is 0 Å². The molecule has 3 N–H and O–H groups in total. The minimum Gasteiger partial charge on any atom is -0.395 e. The lowest BCUT2D eigenvalue weighted by atomic mass is 9.77. The molecule has 0 bridgehead atoms. The van der Waals surface area contributed by atoms with E-state index in [1.807, 2.05) is 0 Å². The highest BCUT2D eigenvalue weighted by atomic mass is 16.5. The molecule has 0 spiro atoms. The van der Waals surface area contributed by atoms with E-state index in [4.69, 9.17) is 20.3 Å². The highest BCUT2D eigenvalue weighted by Gasteiger charge is 2.47. The summed E-state index contributed by atoms with van der Waals surface area (Å²) >= 11 is 0. The third-order valence-electron chi connectivity index (χ3n) is 6.82. The van der Waals surface area contributed by atoms with Gasteiger partial charge in [-0.3, -0.25) is 4.90 Å². The van der Waals surface area contributed by atoms with E-state index < -0.39 is 0 Å². The van der Waals surface area contributed by atoms with Gasteiger partial charge in [0.15, 0.2) is 5.82 Å². The number of nitrogens with zero attached hydrogens (tertiary/aromatic N) is 6. The van der Waals surface area contributed by atoms with Gasteiger partial charge in [-0.1, -0.05) is 29.4 Å². The first-order chi connectivity index (χ1) is 15.6. The number of nitrogen functional groups attached to an aromatic ring is 1. The van der Waals surface area contributed by atoms with Crippen molar-refractivity contribution in [1.29, 1.82) is 0 Å². The van der Waals surface area contributed by atoms with Crippen LogP contribution in [0.15, 0.2) is 41.2 Å². The van der Waals surface area contributed by atoms with Gasteiger partial charge in [0, 0.05) is 50.7 Å². The molecular formula is C23H29N7O2. The lowest BCUT2D eigenvalue weighted by Crippen LogP contribution is -2.47. The molecule has 9 heteroatoms. The standard InChI is InChI=1S/C23H29N7O2/c1-23(19-6-7-19,18-4-2-16(3-5-18)17-14-25-21(24)26-15-17)20-27-22(32-28-20)30-10-8-29(9-11-30)12-13-31/h2-5,14-15,19,31H,6-13H2,1H3,(H2,24,25,26). The van der Waals surface area contributed by atoms with E-state index >= 15 is 0 Å². The van der Waals surface area contributed by atoms with Gasteiger partial charge in [-0.25, -0.2) is 9.97 Å². The fraction of sp³-hybridized carbons (Fsp3) is 0.478. The summed E-state index contributed by atoms with van der Waals surface area (Å²) in [4.78, 5) is 17.4. The average molecular weight is 436 g/mol. The highest BCUT2D eigenvalue weighted by molar-refractivity contribution is 5.62. The van der Waals surface area contributed by atoms with Crippen molar-refractivity contribution in [2.45, 2.75) is 25.2 Å². The van der Waals surface area contributed by atoms with Crippen molar-refractivity contribution in [2.75, 3.05) is 50.0 Å². The van der Waals surface area contributed by atoms with Crippen LogP contribution in [0.2, 0.25) is 0 Å². The first-order valence-corrected chi connectivity index (χ1v) is 11.2. The largest absolute Gasteiger partial charge is 0.395 e. The molecule has 32 heavy (non-hydrogen) atoms. The molecule has 2 aliphatic rings.